The molecular weight excluding hydrogens is 871 g/mol. The van der Waals surface area contributed by atoms with E-state index in [0.29, 0.717) is 23.0 Å². The van der Waals surface area contributed by atoms with E-state index >= 15 is 0 Å². The summed E-state index contributed by atoms with van der Waals surface area (Å²) in [6.07, 6.45) is 3.70. The first-order chi connectivity index (χ1) is 27.6. The van der Waals surface area contributed by atoms with Crippen molar-refractivity contribution in [2.45, 2.75) is 154 Å². The van der Waals surface area contributed by atoms with Crippen molar-refractivity contribution in [2.75, 3.05) is 11.5 Å². The minimum Gasteiger partial charge on any atom is -0.736 e. The smallest absolute Gasteiger partial charge is 0.736 e. The summed E-state index contributed by atoms with van der Waals surface area (Å²) in [5, 5.41) is 0. The van der Waals surface area contributed by atoms with E-state index in [0.717, 1.165) is 80.4 Å². The molecule has 61 heavy (non-hydrogen) atoms. The van der Waals surface area contributed by atoms with Crippen molar-refractivity contribution in [1.82, 2.24) is 0 Å². The second-order valence-electron chi connectivity index (χ2n) is 19.8. The van der Waals surface area contributed by atoms with E-state index in [1.165, 1.54) is 11.1 Å². The minimum atomic E-state index is -4.65. The van der Waals surface area contributed by atoms with Gasteiger partial charge < -0.3 is 27.9 Å². The maximum atomic E-state index is 13.0. The zero-order valence-corrected chi connectivity index (χ0v) is 44.3. The summed E-state index contributed by atoms with van der Waals surface area (Å²) in [4.78, 5) is 27.8. The van der Waals surface area contributed by atoms with Gasteiger partial charge in [0.1, 0.15) is 23.0 Å². The van der Waals surface area contributed by atoms with E-state index in [9.17, 15) is 18.9 Å². The molecular formula is C48H64CaO8P2S2. The molecule has 0 aromatic heterocycles. The second kappa shape index (κ2) is 19.9. The molecule has 6 rings (SSSR count). The van der Waals surface area contributed by atoms with Gasteiger partial charge in [-0.3, -0.25) is 0 Å². The van der Waals surface area contributed by atoms with Crippen LogP contribution in [-0.2, 0) is 56.5 Å². The molecule has 0 amide bonds. The predicted molar refractivity (Wildman–Crippen MR) is 252 cm³/mol. The summed E-state index contributed by atoms with van der Waals surface area (Å²) >= 11 is 3.25. The molecule has 0 aliphatic carbocycles. The number of fused-ring (bicyclic) bond motifs is 4. The molecule has 13 heteroatoms. The van der Waals surface area contributed by atoms with E-state index in [2.05, 4.69) is 67.5 Å². The average molecular weight is 935 g/mol. The van der Waals surface area contributed by atoms with Crippen molar-refractivity contribution in [1.29, 1.82) is 0 Å². The fourth-order valence-electron chi connectivity index (χ4n) is 7.11. The molecule has 0 saturated heterocycles. The Balaban J connectivity index is 0.000000264. The first kappa shape index (κ1) is 52.0. The number of rotatable bonds is 10. The fourth-order valence-corrected chi connectivity index (χ4v) is 11.1. The predicted octanol–water partition coefficient (Wildman–Crippen LogP) is 12.5. The van der Waals surface area contributed by atoms with E-state index in [1.807, 2.05) is 77.9 Å². The van der Waals surface area contributed by atoms with Gasteiger partial charge in [0, 0.05) is 33.8 Å². The zero-order valence-electron chi connectivity index (χ0n) is 38.7. The first-order valence-electron chi connectivity index (χ1n) is 20.9. The van der Waals surface area contributed by atoms with Crippen LogP contribution < -0.4 is 27.9 Å². The molecule has 2 aliphatic heterocycles. The van der Waals surface area contributed by atoms with Crippen LogP contribution in [0.25, 0.3) is 0 Å². The number of phosphoric ester groups is 2. The molecule has 0 saturated carbocycles. The van der Waals surface area contributed by atoms with Gasteiger partial charge in [-0.05, 0) is 93.9 Å². The normalized spacial score (nSPS) is 15.9. The molecule has 2 heterocycles. The monoisotopic (exact) mass is 934 g/mol. The Labute approximate surface area is 404 Å². The van der Waals surface area contributed by atoms with Crippen molar-refractivity contribution in [3.8, 4) is 23.0 Å². The number of hydrogen-bond donors (Lipinski definition) is 0. The van der Waals surface area contributed by atoms with Crippen LogP contribution >= 0.6 is 39.2 Å². The molecule has 0 N–H and O–H groups in total. The van der Waals surface area contributed by atoms with Crippen molar-refractivity contribution >= 4 is 76.9 Å². The van der Waals surface area contributed by atoms with Gasteiger partial charge in [-0.15, -0.1) is 23.5 Å². The van der Waals surface area contributed by atoms with Gasteiger partial charge >= 0.3 is 53.4 Å². The van der Waals surface area contributed by atoms with Crippen molar-refractivity contribution < 1.29 is 37.0 Å². The molecule has 2 aliphatic rings. The maximum Gasteiger partial charge on any atom is 2.00 e. The van der Waals surface area contributed by atoms with Crippen LogP contribution in [0, 0.1) is 0 Å². The van der Waals surface area contributed by atoms with Crippen LogP contribution in [-0.4, -0.2) is 49.2 Å². The maximum absolute atomic E-state index is 13.0. The van der Waals surface area contributed by atoms with Crippen molar-refractivity contribution in [2.24, 2.45) is 0 Å². The van der Waals surface area contributed by atoms with Gasteiger partial charge in [-0.2, -0.15) is 0 Å². The third kappa shape index (κ3) is 13.7. The van der Waals surface area contributed by atoms with Gasteiger partial charge in [0.25, 0.3) is 0 Å². The van der Waals surface area contributed by atoms with Crippen LogP contribution in [0.2, 0.25) is 0 Å². The van der Waals surface area contributed by atoms with Crippen LogP contribution in [0.4, 0.5) is 0 Å². The van der Waals surface area contributed by atoms with E-state index in [-0.39, 0.29) is 59.4 Å². The fraction of sp³-hybridized carbons (Fsp3) is 0.500. The quantitative estimate of drug-likeness (QED) is 0.112. The third-order valence-electron chi connectivity index (χ3n) is 10.5. The average Bonchev–Trinajstić information content (AvgIpc) is 3.12. The Bertz CT molecular complexity index is 2140. The number of aryl methyl sites for hydroxylation is 4. The summed E-state index contributed by atoms with van der Waals surface area (Å²) in [7, 11) is -9.29. The summed E-state index contributed by atoms with van der Waals surface area (Å²) < 4.78 is 48.5. The topological polar surface area (TPSA) is 117 Å². The Morgan fingerprint density at radius 2 is 0.836 bits per heavy atom. The van der Waals surface area contributed by atoms with E-state index < -0.39 is 15.6 Å². The third-order valence-corrected chi connectivity index (χ3v) is 14.2. The molecule has 4 aromatic carbocycles. The Kier molecular flexibility index (Phi) is 17.0. The number of phosphoric acid groups is 2. The molecule has 328 valence electrons. The van der Waals surface area contributed by atoms with Crippen molar-refractivity contribution in [3.63, 3.8) is 0 Å². The Hall–Kier alpha value is -1.58. The molecule has 0 radical (unpaired) electrons. The zero-order chi connectivity index (χ0) is 44.6. The van der Waals surface area contributed by atoms with E-state index in [4.69, 9.17) is 18.1 Å². The van der Waals surface area contributed by atoms with Gasteiger partial charge in [-0.1, -0.05) is 133 Å². The minimum absolute atomic E-state index is 0. The number of hydrogen-bond acceptors (Lipinski definition) is 10. The van der Waals surface area contributed by atoms with Gasteiger partial charge in [0.15, 0.2) is 0 Å². The van der Waals surface area contributed by atoms with Gasteiger partial charge in [-0.25, -0.2) is 9.13 Å². The summed E-state index contributed by atoms with van der Waals surface area (Å²) in [6.45, 7) is 28.8. The SMILES string of the molecule is CCc1ccc(OP(=O)([O-])Oc2c3cc(cc2C(C)(C)C)CCS3)c(C(C)(C)C)c1.CCc1ccc(OP(=O)([O-])Oc2c3cc(cc2C(C)(C)C)CCS3)c(C(C)(C)C)c1.[Ca+2]. The summed E-state index contributed by atoms with van der Waals surface area (Å²) in [5.41, 5.74) is 7.16. The molecule has 0 spiro atoms. The summed E-state index contributed by atoms with van der Waals surface area (Å²) in [6, 6.07) is 19.5. The summed E-state index contributed by atoms with van der Waals surface area (Å²) in [5.74, 6) is 3.28. The second-order valence-corrected chi connectivity index (χ2v) is 24.6. The molecule has 2 unspecified atom stereocenters. The van der Waals surface area contributed by atoms with Crippen LogP contribution in [0.5, 0.6) is 23.0 Å². The molecule has 4 aromatic rings. The van der Waals surface area contributed by atoms with Crippen LogP contribution in [0.3, 0.4) is 0 Å². The largest absolute Gasteiger partial charge is 2.00 e. The first-order valence-corrected chi connectivity index (χ1v) is 25.8. The molecule has 2 atom stereocenters. The van der Waals surface area contributed by atoms with Gasteiger partial charge in [0.05, 0.1) is 9.79 Å². The Morgan fingerprint density at radius 1 is 0.508 bits per heavy atom. The molecule has 8 nitrogen and oxygen atoms in total. The van der Waals surface area contributed by atoms with E-state index in [1.54, 1.807) is 35.7 Å². The Morgan fingerprint density at radius 3 is 1.13 bits per heavy atom. The van der Waals surface area contributed by atoms with Crippen LogP contribution in [0.15, 0.2) is 70.5 Å². The van der Waals surface area contributed by atoms with Crippen LogP contribution in [0.1, 0.15) is 141 Å². The van der Waals surface area contributed by atoms with Gasteiger partial charge in [0.2, 0.25) is 0 Å². The number of thioether (sulfide) groups is 2. The molecule has 4 bridgehead atoms. The molecule has 0 fully saturated rings. The number of benzene rings is 4. The standard InChI is InChI=1S/2C24H33O4PS.Ca/c2*1-8-16-9-10-20(18(13-16)23(2,3)4)27-29(25,26)28-22-19(24(5,6)7)14-17-11-12-30-21(22)15-17;/h2*9-10,13-15H,8,11-12H2,1-7H3,(H,25,26);/q;;+2/p-2. The van der Waals surface area contributed by atoms with Crippen molar-refractivity contribution in [3.05, 3.63) is 105 Å².